The van der Waals surface area contributed by atoms with Gasteiger partial charge in [-0.1, -0.05) is 0 Å². The molecule has 3 aromatic heterocycles. The van der Waals surface area contributed by atoms with Crippen LogP contribution in [0.2, 0.25) is 0 Å². The molecule has 3 saturated heterocycles. The van der Waals surface area contributed by atoms with Crippen molar-refractivity contribution in [2.75, 3.05) is 71.2 Å². The second kappa shape index (κ2) is 14.5. The van der Waals surface area contributed by atoms with E-state index in [1.165, 1.54) is 32.0 Å². The number of ether oxygens (including phenoxy) is 4. The number of morpholine rings is 1. The van der Waals surface area contributed by atoms with Crippen LogP contribution in [0.3, 0.4) is 0 Å². The molecule has 0 saturated carbocycles. The zero-order valence-electron chi connectivity index (χ0n) is 25.6. The first kappa shape index (κ1) is 33.7. The second-order valence-electron chi connectivity index (χ2n) is 11.2. The number of nitrogen functional groups attached to an aromatic ring is 2. The van der Waals surface area contributed by atoms with Crippen molar-refractivity contribution in [3.63, 3.8) is 0 Å². The number of nitrogens with one attached hydrogen (secondary N) is 1. The molecule has 0 spiro atoms. The highest BCUT2D eigenvalue weighted by Gasteiger charge is 2.48. The Morgan fingerprint density at radius 2 is 1.96 bits per heavy atom. The van der Waals surface area contributed by atoms with E-state index >= 15 is 0 Å². The topological polar surface area (TPSA) is 259 Å². The largest absolute Gasteiger partial charge is 0.406 e. The highest BCUT2D eigenvalue weighted by molar-refractivity contribution is 7.51. The Bertz CT molecular complexity index is 1620. The molecule has 0 aliphatic carbocycles. The number of imidazole rings is 1. The van der Waals surface area contributed by atoms with Crippen LogP contribution in [0.5, 0.6) is 0 Å². The quantitative estimate of drug-likeness (QED) is 0.125. The van der Waals surface area contributed by atoms with Gasteiger partial charge in [-0.2, -0.15) is 4.98 Å². The smallest absolute Gasteiger partial charge is 0.394 e. The number of fused-ring (bicyclic) bond motifs is 1. The maximum Gasteiger partial charge on any atom is 0.406 e. The van der Waals surface area contributed by atoms with Gasteiger partial charge in [-0.25, -0.2) is 29.4 Å². The molecule has 0 aromatic carbocycles. The number of nitrogens with zero attached hydrogens (tertiary/aromatic N) is 7. The van der Waals surface area contributed by atoms with Gasteiger partial charge in [0.25, 0.3) is 0 Å². The molecule has 21 heteroatoms. The molecular weight excluding hydrogens is 643 g/mol. The van der Waals surface area contributed by atoms with Crippen LogP contribution >= 0.6 is 7.75 Å². The average Bonchev–Trinajstić information content (AvgIpc) is 3.76. The SMILES string of the molecule is COC1[C@@H](O)[C@@H](COP(=O)(NCCN2CCOCC2)O[C@@H]2C[C@H](n3cnc4c(N)ncnc43)O[C@@H]2CO)O[C@H]1n1ccc(N)nc1=O. The van der Waals surface area contributed by atoms with Gasteiger partial charge in [-0.15, -0.1) is 0 Å². The molecule has 47 heavy (non-hydrogen) atoms. The van der Waals surface area contributed by atoms with Gasteiger partial charge in [0.15, 0.2) is 17.7 Å². The van der Waals surface area contributed by atoms with Gasteiger partial charge in [0.05, 0.1) is 32.8 Å². The Labute approximate surface area is 268 Å². The molecule has 3 aliphatic heterocycles. The van der Waals surface area contributed by atoms with E-state index in [1.807, 2.05) is 0 Å². The fourth-order valence-electron chi connectivity index (χ4n) is 5.81. The Morgan fingerprint density at radius 1 is 1.15 bits per heavy atom. The van der Waals surface area contributed by atoms with Crippen molar-refractivity contribution in [3.8, 4) is 0 Å². The summed E-state index contributed by atoms with van der Waals surface area (Å²) in [5.74, 6) is 0.227. The van der Waals surface area contributed by atoms with Gasteiger partial charge < -0.3 is 40.6 Å². The van der Waals surface area contributed by atoms with Crippen molar-refractivity contribution in [1.82, 2.24) is 39.1 Å². The van der Waals surface area contributed by atoms with E-state index in [4.69, 9.17) is 39.5 Å². The maximum absolute atomic E-state index is 14.3. The molecule has 6 rings (SSSR count). The third-order valence-electron chi connectivity index (χ3n) is 8.29. The van der Waals surface area contributed by atoms with Gasteiger partial charge in [-0.3, -0.25) is 23.1 Å². The number of hydrogen-bond donors (Lipinski definition) is 5. The summed E-state index contributed by atoms with van der Waals surface area (Å²) >= 11 is 0. The van der Waals surface area contributed by atoms with E-state index < -0.39 is 69.6 Å². The van der Waals surface area contributed by atoms with Crippen molar-refractivity contribution < 1.29 is 42.8 Å². The van der Waals surface area contributed by atoms with Crippen LogP contribution in [0.25, 0.3) is 11.2 Å². The highest BCUT2D eigenvalue weighted by Crippen LogP contribution is 2.49. The summed E-state index contributed by atoms with van der Waals surface area (Å²) in [4.78, 5) is 30.8. The number of methoxy groups -OCH3 is 1. The van der Waals surface area contributed by atoms with E-state index in [9.17, 15) is 19.6 Å². The van der Waals surface area contributed by atoms with Gasteiger partial charge in [0.1, 0.15) is 54.4 Å². The number of aromatic nitrogens is 6. The first-order valence-corrected chi connectivity index (χ1v) is 16.6. The van der Waals surface area contributed by atoms with E-state index in [0.717, 1.165) is 4.57 Å². The lowest BCUT2D eigenvalue weighted by atomic mass is 10.1. The van der Waals surface area contributed by atoms with Crippen LogP contribution in [0.4, 0.5) is 11.6 Å². The van der Waals surface area contributed by atoms with Crippen molar-refractivity contribution in [3.05, 3.63) is 35.4 Å². The Kier molecular flexibility index (Phi) is 10.4. The lowest BCUT2D eigenvalue weighted by Crippen LogP contribution is -2.40. The average molecular weight is 683 g/mol. The van der Waals surface area contributed by atoms with E-state index in [1.54, 1.807) is 4.57 Å². The number of aliphatic hydroxyl groups excluding tert-OH is 2. The molecule has 0 amide bonds. The molecule has 258 valence electrons. The third-order valence-corrected chi connectivity index (χ3v) is 9.94. The fraction of sp³-hybridized carbons (Fsp3) is 0.654. The zero-order chi connectivity index (χ0) is 33.1. The second-order valence-corrected chi connectivity index (χ2v) is 13.0. The minimum absolute atomic E-state index is 0.0258. The van der Waals surface area contributed by atoms with Crippen LogP contribution in [0.1, 0.15) is 18.9 Å². The highest BCUT2D eigenvalue weighted by atomic mass is 31.2. The van der Waals surface area contributed by atoms with Gasteiger partial charge >= 0.3 is 13.4 Å². The summed E-state index contributed by atoms with van der Waals surface area (Å²) in [7, 11) is -2.80. The van der Waals surface area contributed by atoms with Crippen molar-refractivity contribution in [2.45, 2.75) is 49.4 Å². The molecule has 0 radical (unpaired) electrons. The molecular formula is C26H39N10O10P. The minimum Gasteiger partial charge on any atom is -0.394 e. The summed E-state index contributed by atoms with van der Waals surface area (Å²) in [6.07, 6.45) is -2.51. The number of rotatable bonds is 13. The monoisotopic (exact) mass is 682 g/mol. The predicted molar refractivity (Wildman–Crippen MR) is 163 cm³/mol. The van der Waals surface area contributed by atoms with Gasteiger partial charge in [-0.05, 0) is 6.07 Å². The van der Waals surface area contributed by atoms with Crippen LogP contribution in [0.15, 0.2) is 29.7 Å². The summed E-state index contributed by atoms with van der Waals surface area (Å²) in [5.41, 5.74) is 11.7. The lowest BCUT2D eigenvalue weighted by molar-refractivity contribution is -0.0633. The van der Waals surface area contributed by atoms with Crippen molar-refractivity contribution in [2.24, 2.45) is 0 Å². The number of aliphatic hydroxyl groups is 2. The van der Waals surface area contributed by atoms with Crippen LogP contribution in [0, 0.1) is 0 Å². The number of hydrogen-bond acceptors (Lipinski definition) is 17. The molecule has 7 N–H and O–H groups in total. The van der Waals surface area contributed by atoms with Crippen molar-refractivity contribution in [1.29, 1.82) is 0 Å². The molecule has 0 bridgehead atoms. The van der Waals surface area contributed by atoms with Gasteiger partial charge in [0, 0.05) is 45.9 Å². The molecule has 3 aromatic rings. The van der Waals surface area contributed by atoms with Crippen LogP contribution in [-0.4, -0.2) is 134 Å². The Balaban J connectivity index is 1.18. The zero-order valence-corrected chi connectivity index (χ0v) is 26.5. The molecule has 3 aliphatic rings. The number of nitrogens with two attached hydrogens (primary N) is 2. The van der Waals surface area contributed by atoms with E-state index in [-0.39, 0.29) is 24.6 Å². The standard InChI is InChI=1S/C26H39N10O10P/c1-41-22-21(38)17(45-25(22)35-4-2-18(27)33-26(35)39)12-43-47(40,32-3-5-34-6-8-42-9-7-34)46-15-10-19(44-16(15)11-37)36-14-31-20-23(28)29-13-30-24(20)36/h2,4,13-17,19,21-22,25,37-38H,3,5-12H2,1H3,(H,32,40)(H2,27,33,39)(H2,28,29,30)/t15-,16-,17-,19-,21+,22?,25-,47?/m1/s1. The molecule has 6 heterocycles. The van der Waals surface area contributed by atoms with Gasteiger partial charge in [0.2, 0.25) is 0 Å². The molecule has 3 fully saturated rings. The normalized spacial score (nSPS) is 29.8. The Morgan fingerprint density at radius 3 is 2.70 bits per heavy atom. The Hall–Kier alpha value is -3.14. The van der Waals surface area contributed by atoms with Crippen molar-refractivity contribution >= 4 is 30.5 Å². The summed E-state index contributed by atoms with van der Waals surface area (Å²) in [6.45, 7) is 2.52. The molecule has 8 atom stereocenters. The predicted octanol–water partition coefficient (Wildman–Crippen LogP) is -1.77. The molecule has 2 unspecified atom stereocenters. The summed E-state index contributed by atoms with van der Waals surface area (Å²) in [6, 6.07) is 1.41. The van der Waals surface area contributed by atoms with Crippen LogP contribution < -0.4 is 22.2 Å². The van der Waals surface area contributed by atoms with E-state index in [2.05, 4.69) is 29.9 Å². The molecule has 20 nitrogen and oxygen atoms in total. The minimum atomic E-state index is -4.16. The van der Waals surface area contributed by atoms with Crippen LogP contribution in [-0.2, 0) is 32.6 Å². The number of anilines is 2. The van der Waals surface area contributed by atoms with E-state index in [0.29, 0.717) is 44.0 Å². The third kappa shape index (κ3) is 7.32. The first-order valence-electron chi connectivity index (χ1n) is 15.1. The lowest BCUT2D eigenvalue weighted by Gasteiger charge is -2.29. The summed E-state index contributed by atoms with van der Waals surface area (Å²) in [5, 5.41) is 24.1. The first-order chi connectivity index (χ1) is 22.7. The summed E-state index contributed by atoms with van der Waals surface area (Å²) < 4.78 is 52.0. The maximum atomic E-state index is 14.3. The fourth-order valence-corrected chi connectivity index (χ4v) is 7.34.